The van der Waals surface area contributed by atoms with E-state index in [-0.39, 0.29) is 16.3 Å². The third-order valence-electron chi connectivity index (χ3n) is 5.04. The number of rotatable bonds is 2. The van der Waals surface area contributed by atoms with Gasteiger partial charge in [0, 0.05) is 51.8 Å². The Morgan fingerprint density at radius 3 is 2.31 bits per heavy atom. The standard InChI is InChI=1S/C14H22N4O3S.C2HF3O2/c1-12(19)17-6-3-4-14(9-17)5-7-18(10-14)22(20,21)13-8-16(2)11-15-13;3-2(4,5)1(6)7/h8,11H,3-7,9-10H2,1-2H3;(H,6,7). The first-order chi connectivity index (χ1) is 13.3. The van der Waals surface area contributed by atoms with Crippen molar-refractivity contribution in [2.24, 2.45) is 12.5 Å². The van der Waals surface area contributed by atoms with Crippen molar-refractivity contribution in [1.82, 2.24) is 18.8 Å². The van der Waals surface area contributed by atoms with Crippen molar-refractivity contribution in [2.75, 3.05) is 26.2 Å². The van der Waals surface area contributed by atoms with Gasteiger partial charge in [-0.1, -0.05) is 0 Å². The maximum Gasteiger partial charge on any atom is 0.490 e. The summed E-state index contributed by atoms with van der Waals surface area (Å²) >= 11 is 0. The second-order valence-electron chi connectivity index (χ2n) is 7.31. The molecule has 13 heteroatoms. The lowest BCUT2D eigenvalue weighted by atomic mass is 9.79. The maximum atomic E-state index is 12.7. The fourth-order valence-corrected chi connectivity index (χ4v) is 5.08. The number of nitrogens with zero attached hydrogens (tertiary/aromatic N) is 4. The number of halogens is 3. The Bertz CT molecular complexity index is 870. The van der Waals surface area contributed by atoms with Gasteiger partial charge in [-0.2, -0.15) is 17.5 Å². The fraction of sp³-hybridized carbons (Fsp3) is 0.688. The Kier molecular flexibility index (Phi) is 6.62. The number of carbonyl (C=O) groups is 2. The summed E-state index contributed by atoms with van der Waals surface area (Å²) in [5, 5.41) is 7.23. The Morgan fingerprint density at radius 1 is 1.21 bits per heavy atom. The molecule has 1 aromatic rings. The molecule has 1 unspecified atom stereocenters. The molecule has 3 heterocycles. The largest absolute Gasteiger partial charge is 0.490 e. The van der Waals surface area contributed by atoms with Crippen LogP contribution >= 0.6 is 0 Å². The molecule has 0 bridgehead atoms. The molecule has 164 valence electrons. The summed E-state index contributed by atoms with van der Waals surface area (Å²) in [6, 6.07) is 0. The van der Waals surface area contributed by atoms with E-state index in [1.54, 1.807) is 18.5 Å². The fourth-order valence-electron chi connectivity index (χ4n) is 3.56. The average molecular weight is 440 g/mol. The topological polar surface area (TPSA) is 113 Å². The van der Waals surface area contributed by atoms with Crippen LogP contribution in [0.4, 0.5) is 13.2 Å². The summed E-state index contributed by atoms with van der Waals surface area (Å²) in [5.41, 5.74) is -0.0915. The first kappa shape index (κ1) is 23.1. The van der Waals surface area contributed by atoms with E-state index in [1.165, 1.54) is 16.8 Å². The van der Waals surface area contributed by atoms with Gasteiger partial charge in [0.05, 0.1) is 6.33 Å². The van der Waals surface area contributed by atoms with Gasteiger partial charge in [0.15, 0.2) is 5.03 Å². The highest BCUT2D eigenvalue weighted by atomic mass is 32.2. The number of hydrogen-bond donors (Lipinski definition) is 1. The van der Waals surface area contributed by atoms with Crippen molar-refractivity contribution in [2.45, 2.75) is 37.4 Å². The number of carbonyl (C=O) groups excluding carboxylic acids is 1. The summed E-state index contributed by atoms with van der Waals surface area (Å²) in [4.78, 5) is 26.3. The molecule has 0 aliphatic carbocycles. The molecule has 2 saturated heterocycles. The van der Waals surface area contributed by atoms with Crippen LogP contribution in [-0.2, 0) is 26.7 Å². The summed E-state index contributed by atoms with van der Waals surface area (Å²) in [5.74, 6) is -2.68. The van der Waals surface area contributed by atoms with Gasteiger partial charge in [0.2, 0.25) is 5.91 Å². The number of imidazole rings is 1. The number of carboxylic acid groups (broad SMARTS) is 1. The zero-order valence-electron chi connectivity index (χ0n) is 16.0. The first-order valence-electron chi connectivity index (χ1n) is 8.81. The zero-order valence-corrected chi connectivity index (χ0v) is 16.8. The number of aliphatic carboxylic acids is 1. The number of likely N-dealkylation sites (tertiary alicyclic amines) is 1. The summed E-state index contributed by atoms with van der Waals surface area (Å²) in [7, 11) is -1.78. The van der Waals surface area contributed by atoms with E-state index in [0.29, 0.717) is 19.6 Å². The predicted molar refractivity (Wildman–Crippen MR) is 94.2 cm³/mol. The lowest BCUT2D eigenvalue weighted by Gasteiger charge is -2.40. The Morgan fingerprint density at radius 2 is 1.83 bits per heavy atom. The van der Waals surface area contributed by atoms with Crippen LogP contribution in [0.2, 0.25) is 0 Å². The van der Waals surface area contributed by atoms with Crippen molar-refractivity contribution >= 4 is 21.9 Å². The predicted octanol–water partition coefficient (Wildman–Crippen LogP) is 1.08. The molecule has 3 rings (SSSR count). The molecule has 0 saturated carbocycles. The zero-order chi connectivity index (χ0) is 22.0. The van der Waals surface area contributed by atoms with Crippen LogP contribution in [0.25, 0.3) is 0 Å². The van der Waals surface area contributed by atoms with Crippen LogP contribution in [0, 0.1) is 5.41 Å². The molecule has 2 aliphatic heterocycles. The first-order valence-corrected chi connectivity index (χ1v) is 10.2. The molecule has 2 aliphatic rings. The van der Waals surface area contributed by atoms with Crippen LogP contribution in [0.3, 0.4) is 0 Å². The summed E-state index contributed by atoms with van der Waals surface area (Å²) < 4.78 is 60.2. The van der Waals surface area contributed by atoms with E-state index in [1.807, 2.05) is 4.90 Å². The normalized spacial score (nSPS) is 23.0. The van der Waals surface area contributed by atoms with Crippen molar-refractivity contribution < 1.29 is 36.3 Å². The smallest absolute Gasteiger partial charge is 0.475 e. The lowest BCUT2D eigenvalue weighted by molar-refractivity contribution is -0.192. The van der Waals surface area contributed by atoms with Gasteiger partial charge in [-0.25, -0.2) is 18.2 Å². The van der Waals surface area contributed by atoms with Gasteiger partial charge in [0.1, 0.15) is 0 Å². The minimum atomic E-state index is -5.08. The molecule has 1 N–H and O–H groups in total. The highest BCUT2D eigenvalue weighted by Crippen LogP contribution is 2.40. The highest BCUT2D eigenvalue weighted by molar-refractivity contribution is 7.89. The van der Waals surface area contributed by atoms with E-state index in [9.17, 15) is 26.4 Å². The molecule has 29 heavy (non-hydrogen) atoms. The number of hydrogen-bond acceptors (Lipinski definition) is 5. The van der Waals surface area contributed by atoms with Crippen LogP contribution in [0.1, 0.15) is 26.2 Å². The number of aromatic nitrogens is 2. The van der Waals surface area contributed by atoms with Gasteiger partial charge in [-0.3, -0.25) is 4.79 Å². The number of piperidine rings is 1. The molecule has 9 nitrogen and oxygen atoms in total. The monoisotopic (exact) mass is 440 g/mol. The molecule has 2 fully saturated rings. The van der Waals surface area contributed by atoms with Gasteiger partial charge in [-0.05, 0) is 19.3 Å². The number of aryl methyl sites for hydroxylation is 1. The maximum absolute atomic E-state index is 12.7. The quantitative estimate of drug-likeness (QED) is 0.736. The Balaban J connectivity index is 0.000000370. The molecule has 0 aromatic carbocycles. The molecule has 1 aromatic heterocycles. The molecular weight excluding hydrogens is 417 g/mol. The summed E-state index contributed by atoms with van der Waals surface area (Å²) in [6.07, 6.45) is 0.671. The van der Waals surface area contributed by atoms with Crippen LogP contribution < -0.4 is 0 Å². The van der Waals surface area contributed by atoms with Crippen molar-refractivity contribution in [3.63, 3.8) is 0 Å². The molecular formula is C16H23F3N4O5S. The van der Waals surface area contributed by atoms with E-state index >= 15 is 0 Å². The van der Waals surface area contributed by atoms with Gasteiger partial charge < -0.3 is 14.6 Å². The number of sulfonamides is 1. The van der Waals surface area contributed by atoms with E-state index in [4.69, 9.17) is 9.90 Å². The Hall–Kier alpha value is -2.15. The third kappa shape index (κ3) is 5.47. The SMILES string of the molecule is CC(=O)N1CCCC2(CCN(S(=O)(=O)c3cn(C)cn3)C2)C1.O=C(O)C(F)(F)F. The highest BCUT2D eigenvalue weighted by Gasteiger charge is 2.46. The van der Waals surface area contributed by atoms with Crippen LogP contribution in [0.5, 0.6) is 0 Å². The third-order valence-corrected chi connectivity index (χ3v) is 6.77. The minimum Gasteiger partial charge on any atom is -0.475 e. The van der Waals surface area contributed by atoms with E-state index in [2.05, 4.69) is 4.98 Å². The van der Waals surface area contributed by atoms with Gasteiger partial charge >= 0.3 is 12.1 Å². The molecule has 1 amide bonds. The number of carboxylic acids is 1. The second-order valence-corrected chi connectivity index (χ2v) is 9.20. The van der Waals surface area contributed by atoms with E-state index < -0.39 is 22.2 Å². The minimum absolute atomic E-state index is 0.0742. The molecule has 1 spiro atoms. The van der Waals surface area contributed by atoms with Gasteiger partial charge in [0.25, 0.3) is 10.0 Å². The number of alkyl halides is 3. The molecule has 1 atom stereocenters. The Labute approximate surface area is 166 Å². The lowest BCUT2D eigenvalue weighted by Crippen LogP contribution is -2.47. The summed E-state index contributed by atoms with van der Waals surface area (Å²) in [6.45, 7) is 4.01. The average Bonchev–Trinajstić information content (AvgIpc) is 3.22. The van der Waals surface area contributed by atoms with Gasteiger partial charge in [-0.15, -0.1) is 0 Å². The second kappa shape index (κ2) is 8.30. The van der Waals surface area contributed by atoms with E-state index in [0.717, 1.165) is 25.8 Å². The van der Waals surface area contributed by atoms with Crippen molar-refractivity contribution in [1.29, 1.82) is 0 Å². The molecule has 0 radical (unpaired) electrons. The van der Waals surface area contributed by atoms with Crippen molar-refractivity contribution in [3.05, 3.63) is 12.5 Å². The van der Waals surface area contributed by atoms with Crippen LogP contribution in [-0.4, -0.2) is 76.5 Å². The van der Waals surface area contributed by atoms with Crippen molar-refractivity contribution in [3.8, 4) is 0 Å². The number of amides is 1. The van der Waals surface area contributed by atoms with Crippen LogP contribution in [0.15, 0.2) is 17.6 Å².